The number of benzene rings is 1. The van der Waals surface area contributed by atoms with Crippen molar-refractivity contribution < 1.29 is 4.79 Å². The van der Waals surface area contributed by atoms with Gasteiger partial charge in [-0.2, -0.15) is 0 Å². The molecule has 2 heterocycles. The molecule has 2 aromatic heterocycles. The molecule has 0 aliphatic carbocycles. The van der Waals surface area contributed by atoms with E-state index in [0.29, 0.717) is 5.56 Å². The van der Waals surface area contributed by atoms with Crippen LogP contribution in [0, 0.1) is 0 Å². The maximum atomic E-state index is 12.1. The van der Waals surface area contributed by atoms with E-state index in [-0.39, 0.29) is 5.91 Å². The first-order chi connectivity index (χ1) is 9.83. The minimum absolute atomic E-state index is 0.143. The van der Waals surface area contributed by atoms with E-state index in [9.17, 15) is 4.79 Å². The van der Waals surface area contributed by atoms with Crippen molar-refractivity contribution in [1.29, 1.82) is 0 Å². The van der Waals surface area contributed by atoms with Gasteiger partial charge in [-0.25, -0.2) is 0 Å². The van der Waals surface area contributed by atoms with Crippen LogP contribution in [0.5, 0.6) is 0 Å². The second-order valence-electron chi connectivity index (χ2n) is 4.35. The van der Waals surface area contributed by atoms with Crippen molar-refractivity contribution in [2.24, 2.45) is 0 Å². The van der Waals surface area contributed by atoms with Gasteiger partial charge in [0.25, 0.3) is 5.91 Å². The minimum Gasteiger partial charge on any atom is -0.361 e. The Morgan fingerprint density at radius 1 is 1.05 bits per heavy atom. The number of nitrogens with one attached hydrogen (secondary N) is 2. The van der Waals surface area contributed by atoms with Gasteiger partial charge >= 0.3 is 0 Å². The molecule has 0 bridgehead atoms. The Hall–Kier alpha value is -2.88. The fraction of sp³-hybridized carbons (Fsp3) is 0. The molecule has 3 aromatic rings. The van der Waals surface area contributed by atoms with Crippen molar-refractivity contribution in [3.63, 3.8) is 0 Å². The Morgan fingerprint density at radius 3 is 2.65 bits per heavy atom. The topological polar surface area (TPSA) is 57.8 Å². The van der Waals surface area contributed by atoms with Gasteiger partial charge in [-0.05, 0) is 42.0 Å². The fourth-order valence-corrected chi connectivity index (χ4v) is 1.98. The van der Waals surface area contributed by atoms with E-state index in [2.05, 4.69) is 15.3 Å². The zero-order chi connectivity index (χ0) is 13.8. The lowest BCUT2D eigenvalue weighted by Crippen LogP contribution is -2.11. The highest BCUT2D eigenvalue weighted by atomic mass is 16.1. The molecule has 2 N–H and O–H groups in total. The predicted octanol–water partition coefficient (Wildman–Crippen LogP) is 3.33. The number of nitrogens with zero attached hydrogens (tertiary/aromatic N) is 1. The largest absolute Gasteiger partial charge is 0.361 e. The van der Waals surface area contributed by atoms with Gasteiger partial charge in [0.1, 0.15) is 0 Å². The number of carbonyl (C=O) groups is 1. The van der Waals surface area contributed by atoms with E-state index in [1.54, 1.807) is 24.5 Å². The zero-order valence-electron chi connectivity index (χ0n) is 10.7. The van der Waals surface area contributed by atoms with E-state index < -0.39 is 0 Å². The number of aromatic amines is 1. The molecule has 0 aliphatic heterocycles. The van der Waals surface area contributed by atoms with E-state index >= 15 is 0 Å². The molecule has 98 valence electrons. The number of hydrogen-bond donors (Lipinski definition) is 2. The van der Waals surface area contributed by atoms with Crippen molar-refractivity contribution in [2.45, 2.75) is 0 Å². The zero-order valence-corrected chi connectivity index (χ0v) is 10.7. The van der Waals surface area contributed by atoms with Crippen LogP contribution >= 0.6 is 0 Å². The molecule has 0 saturated heterocycles. The summed E-state index contributed by atoms with van der Waals surface area (Å²) in [6, 6.07) is 15.0. The highest BCUT2D eigenvalue weighted by Crippen LogP contribution is 2.21. The Kier molecular flexibility index (Phi) is 3.29. The molecular weight excluding hydrogens is 250 g/mol. The first kappa shape index (κ1) is 12.2. The quantitative estimate of drug-likeness (QED) is 0.761. The Labute approximate surface area is 116 Å². The summed E-state index contributed by atoms with van der Waals surface area (Å²) in [4.78, 5) is 19.1. The molecular formula is C16H13N3O. The summed E-state index contributed by atoms with van der Waals surface area (Å²) in [5.74, 6) is -0.143. The molecule has 20 heavy (non-hydrogen) atoms. The summed E-state index contributed by atoms with van der Waals surface area (Å²) in [6.07, 6.45) is 5.08. The highest BCUT2D eigenvalue weighted by Gasteiger charge is 2.06. The average molecular weight is 263 g/mol. The summed E-state index contributed by atoms with van der Waals surface area (Å²) in [5, 5.41) is 2.88. The number of H-pyrrole nitrogens is 1. The number of amides is 1. The molecule has 0 radical (unpaired) electrons. The molecule has 0 saturated carbocycles. The first-order valence-corrected chi connectivity index (χ1v) is 6.28. The lowest BCUT2D eigenvalue weighted by molar-refractivity contribution is 0.102. The van der Waals surface area contributed by atoms with Crippen LogP contribution in [-0.4, -0.2) is 15.9 Å². The maximum Gasteiger partial charge on any atom is 0.255 e. The molecule has 1 aromatic carbocycles. The molecule has 0 atom stereocenters. The third kappa shape index (κ3) is 2.59. The lowest BCUT2D eigenvalue weighted by Gasteiger charge is -2.06. The minimum atomic E-state index is -0.143. The standard InChI is InChI=1S/C16H13N3O/c20-16(12-6-9-17-10-7-12)19-14-4-1-3-13(11-14)15-5-2-8-18-15/h1-11,18H,(H,19,20). The third-order valence-corrected chi connectivity index (χ3v) is 2.97. The van der Waals surface area contributed by atoms with Gasteiger partial charge < -0.3 is 10.3 Å². The summed E-state index contributed by atoms with van der Waals surface area (Å²) in [6.45, 7) is 0. The van der Waals surface area contributed by atoms with Crippen molar-refractivity contribution in [3.8, 4) is 11.3 Å². The summed E-state index contributed by atoms with van der Waals surface area (Å²) in [5.41, 5.74) is 3.40. The molecule has 4 nitrogen and oxygen atoms in total. The first-order valence-electron chi connectivity index (χ1n) is 6.28. The summed E-state index contributed by atoms with van der Waals surface area (Å²) >= 11 is 0. The van der Waals surface area contributed by atoms with E-state index in [0.717, 1.165) is 16.9 Å². The Morgan fingerprint density at radius 2 is 1.90 bits per heavy atom. The number of rotatable bonds is 3. The van der Waals surface area contributed by atoms with Crippen LogP contribution < -0.4 is 5.32 Å². The number of anilines is 1. The van der Waals surface area contributed by atoms with Gasteiger partial charge in [-0.15, -0.1) is 0 Å². The fourth-order valence-electron chi connectivity index (χ4n) is 1.98. The molecule has 0 fully saturated rings. The van der Waals surface area contributed by atoms with E-state index in [1.807, 2.05) is 42.6 Å². The summed E-state index contributed by atoms with van der Waals surface area (Å²) in [7, 11) is 0. The van der Waals surface area contributed by atoms with Crippen LogP contribution in [0.4, 0.5) is 5.69 Å². The average Bonchev–Trinajstić information content (AvgIpc) is 3.03. The molecule has 3 rings (SSSR count). The Balaban J connectivity index is 1.82. The smallest absolute Gasteiger partial charge is 0.255 e. The Bertz CT molecular complexity index is 706. The molecule has 1 amide bonds. The van der Waals surface area contributed by atoms with Crippen molar-refractivity contribution in [3.05, 3.63) is 72.7 Å². The maximum absolute atomic E-state index is 12.1. The number of hydrogen-bond acceptors (Lipinski definition) is 2. The van der Waals surface area contributed by atoms with Gasteiger partial charge in [0.2, 0.25) is 0 Å². The van der Waals surface area contributed by atoms with Gasteiger partial charge in [0.05, 0.1) is 0 Å². The number of aromatic nitrogens is 2. The SMILES string of the molecule is O=C(Nc1cccc(-c2ccc[nH]2)c1)c1ccncc1. The van der Waals surface area contributed by atoms with Gasteiger partial charge in [-0.1, -0.05) is 12.1 Å². The monoisotopic (exact) mass is 263 g/mol. The van der Waals surface area contributed by atoms with Crippen molar-refractivity contribution in [2.75, 3.05) is 5.32 Å². The van der Waals surface area contributed by atoms with Crippen LogP contribution in [0.2, 0.25) is 0 Å². The predicted molar refractivity (Wildman–Crippen MR) is 78.4 cm³/mol. The van der Waals surface area contributed by atoms with Crippen molar-refractivity contribution in [1.82, 2.24) is 9.97 Å². The van der Waals surface area contributed by atoms with Crippen LogP contribution in [0.1, 0.15) is 10.4 Å². The van der Waals surface area contributed by atoms with Gasteiger partial charge in [0, 0.05) is 35.5 Å². The normalized spacial score (nSPS) is 10.2. The van der Waals surface area contributed by atoms with Crippen LogP contribution in [0.25, 0.3) is 11.3 Å². The van der Waals surface area contributed by atoms with Crippen molar-refractivity contribution >= 4 is 11.6 Å². The van der Waals surface area contributed by atoms with E-state index in [4.69, 9.17) is 0 Å². The number of carbonyl (C=O) groups excluding carboxylic acids is 1. The molecule has 0 aliphatic rings. The van der Waals surface area contributed by atoms with Crippen LogP contribution in [0.15, 0.2) is 67.1 Å². The van der Waals surface area contributed by atoms with Gasteiger partial charge in [-0.3, -0.25) is 9.78 Å². The molecule has 0 unspecified atom stereocenters. The van der Waals surface area contributed by atoms with Gasteiger partial charge in [0.15, 0.2) is 0 Å². The molecule has 4 heteroatoms. The highest BCUT2D eigenvalue weighted by molar-refractivity contribution is 6.04. The second kappa shape index (κ2) is 5.40. The molecule has 0 spiro atoms. The number of pyridine rings is 1. The second-order valence-corrected chi connectivity index (χ2v) is 4.35. The summed E-state index contributed by atoms with van der Waals surface area (Å²) < 4.78 is 0. The third-order valence-electron chi connectivity index (χ3n) is 2.97. The van der Waals surface area contributed by atoms with E-state index in [1.165, 1.54) is 0 Å². The van der Waals surface area contributed by atoms with Crippen LogP contribution in [0.3, 0.4) is 0 Å². The lowest BCUT2D eigenvalue weighted by atomic mass is 10.1. The van der Waals surface area contributed by atoms with Crippen LogP contribution in [-0.2, 0) is 0 Å².